The lowest BCUT2D eigenvalue weighted by Gasteiger charge is -2.00. The molecule has 2 rings (SSSR count). The number of aromatic nitrogens is 2. The van der Waals surface area contributed by atoms with Crippen LogP contribution < -0.4 is 5.73 Å². The van der Waals surface area contributed by atoms with Crippen molar-refractivity contribution in [3.8, 4) is 11.5 Å². The van der Waals surface area contributed by atoms with Crippen LogP contribution in [-0.2, 0) is 4.74 Å². The highest BCUT2D eigenvalue weighted by atomic mass is 16.5. The molecule has 0 radical (unpaired) electrons. The zero-order chi connectivity index (χ0) is 11.5. The summed E-state index contributed by atoms with van der Waals surface area (Å²) in [5.74, 6) is -0.155. The minimum absolute atomic E-state index is 0.0153. The smallest absolute Gasteiger partial charge is 0.337 e. The quantitative estimate of drug-likeness (QED) is 0.760. The van der Waals surface area contributed by atoms with Gasteiger partial charge in [0.15, 0.2) is 0 Å². The molecule has 16 heavy (non-hydrogen) atoms. The van der Waals surface area contributed by atoms with Crippen molar-refractivity contribution in [1.82, 2.24) is 10.2 Å². The average Bonchev–Trinajstić information content (AvgIpc) is 2.75. The molecule has 0 fully saturated rings. The third-order valence-electron chi connectivity index (χ3n) is 1.97. The number of anilines is 1. The first-order valence-electron chi connectivity index (χ1n) is 4.48. The summed E-state index contributed by atoms with van der Waals surface area (Å²) in [4.78, 5) is 11.3. The molecule has 82 valence electrons. The van der Waals surface area contributed by atoms with E-state index < -0.39 is 5.97 Å². The molecule has 0 spiro atoms. The number of nitrogens with zero attached hydrogens (tertiary/aromatic N) is 2. The first kappa shape index (κ1) is 10.2. The Balaban J connectivity index is 2.39. The number of nitrogen functional groups attached to an aromatic ring is 1. The van der Waals surface area contributed by atoms with E-state index in [9.17, 15) is 4.79 Å². The zero-order valence-corrected chi connectivity index (χ0v) is 8.51. The molecule has 0 unspecified atom stereocenters. The average molecular weight is 219 g/mol. The van der Waals surface area contributed by atoms with Gasteiger partial charge in [0.1, 0.15) is 0 Å². The number of carbonyl (C=O) groups is 1. The van der Waals surface area contributed by atoms with Crippen molar-refractivity contribution in [3.63, 3.8) is 0 Å². The Hall–Kier alpha value is -2.37. The minimum atomic E-state index is -0.422. The lowest BCUT2D eigenvalue weighted by atomic mass is 10.1. The van der Waals surface area contributed by atoms with Crippen molar-refractivity contribution < 1.29 is 13.9 Å². The van der Waals surface area contributed by atoms with Crippen molar-refractivity contribution in [3.05, 3.63) is 29.8 Å². The van der Waals surface area contributed by atoms with Gasteiger partial charge in [-0.1, -0.05) is 11.2 Å². The van der Waals surface area contributed by atoms with Crippen LogP contribution in [0.15, 0.2) is 28.7 Å². The summed E-state index contributed by atoms with van der Waals surface area (Å²) in [6, 6.07) is 6.65. The highest BCUT2D eigenvalue weighted by Gasteiger charge is 2.10. The zero-order valence-electron chi connectivity index (χ0n) is 8.51. The fourth-order valence-corrected chi connectivity index (χ4v) is 1.25. The fraction of sp³-hybridized carbons (Fsp3) is 0.100. The van der Waals surface area contributed by atoms with E-state index in [1.807, 2.05) is 0 Å². The van der Waals surface area contributed by atoms with Gasteiger partial charge >= 0.3 is 12.0 Å². The molecule has 0 aliphatic heterocycles. The van der Waals surface area contributed by atoms with Crippen molar-refractivity contribution in [2.45, 2.75) is 0 Å². The fourth-order valence-electron chi connectivity index (χ4n) is 1.25. The van der Waals surface area contributed by atoms with E-state index in [2.05, 4.69) is 14.9 Å². The number of hydrogen-bond donors (Lipinski definition) is 1. The summed E-state index contributed by atoms with van der Waals surface area (Å²) in [5, 5.41) is 7.25. The van der Waals surface area contributed by atoms with Crippen molar-refractivity contribution in [2.24, 2.45) is 0 Å². The van der Waals surface area contributed by atoms with Crippen LogP contribution in [0.4, 0.5) is 6.01 Å². The highest BCUT2D eigenvalue weighted by Crippen LogP contribution is 2.19. The number of ether oxygens (including phenoxy) is 1. The van der Waals surface area contributed by atoms with Crippen LogP contribution in [-0.4, -0.2) is 23.3 Å². The maximum absolute atomic E-state index is 11.3. The molecule has 0 atom stereocenters. The van der Waals surface area contributed by atoms with Crippen molar-refractivity contribution in [1.29, 1.82) is 0 Å². The SMILES string of the molecule is COC(=O)c1cccc(-c2nnc(N)o2)c1. The molecular formula is C10H9N3O3. The van der Waals surface area contributed by atoms with Gasteiger partial charge in [-0.15, -0.1) is 5.10 Å². The maximum atomic E-state index is 11.3. The molecule has 6 nitrogen and oxygen atoms in total. The molecule has 6 heteroatoms. The Kier molecular flexibility index (Phi) is 2.55. The van der Waals surface area contributed by atoms with E-state index in [0.29, 0.717) is 11.1 Å². The summed E-state index contributed by atoms with van der Waals surface area (Å²) < 4.78 is 9.64. The Morgan fingerprint density at radius 1 is 1.44 bits per heavy atom. The van der Waals surface area contributed by atoms with Crippen molar-refractivity contribution in [2.75, 3.05) is 12.8 Å². The van der Waals surface area contributed by atoms with E-state index in [1.54, 1.807) is 24.3 Å². The standard InChI is InChI=1S/C10H9N3O3/c1-15-9(14)7-4-2-3-6(5-7)8-12-13-10(11)16-8/h2-5H,1H3,(H2,11,13). The van der Waals surface area contributed by atoms with Gasteiger partial charge in [0.2, 0.25) is 5.89 Å². The van der Waals surface area contributed by atoms with Crippen LogP contribution in [0.2, 0.25) is 0 Å². The van der Waals surface area contributed by atoms with Crippen LogP contribution in [0.5, 0.6) is 0 Å². The second-order valence-electron chi connectivity index (χ2n) is 3.02. The predicted octanol–water partition coefficient (Wildman–Crippen LogP) is 1.11. The first-order valence-corrected chi connectivity index (χ1v) is 4.48. The van der Waals surface area contributed by atoms with Gasteiger partial charge in [0, 0.05) is 5.56 Å². The summed E-state index contributed by atoms with van der Waals surface area (Å²) in [6.45, 7) is 0. The summed E-state index contributed by atoms with van der Waals surface area (Å²) >= 11 is 0. The Bertz CT molecular complexity index is 522. The molecule has 0 aliphatic rings. The van der Waals surface area contributed by atoms with E-state index in [4.69, 9.17) is 10.2 Å². The van der Waals surface area contributed by atoms with E-state index in [0.717, 1.165) is 0 Å². The molecule has 1 aromatic carbocycles. The van der Waals surface area contributed by atoms with Crippen LogP contribution in [0, 0.1) is 0 Å². The van der Waals surface area contributed by atoms with Gasteiger partial charge in [-0.3, -0.25) is 0 Å². The van der Waals surface area contributed by atoms with Gasteiger partial charge in [-0.2, -0.15) is 0 Å². The number of nitrogens with two attached hydrogens (primary N) is 1. The largest absolute Gasteiger partial charge is 0.465 e. The topological polar surface area (TPSA) is 91.2 Å². The third kappa shape index (κ3) is 1.85. The normalized spacial score (nSPS) is 10.1. The molecule has 0 saturated carbocycles. The van der Waals surface area contributed by atoms with E-state index in [1.165, 1.54) is 7.11 Å². The van der Waals surface area contributed by atoms with Crippen LogP contribution in [0.1, 0.15) is 10.4 Å². The van der Waals surface area contributed by atoms with Crippen molar-refractivity contribution >= 4 is 12.0 Å². The molecule has 0 amide bonds. The van der Waals surface area contributed by atoms with Crippen LogP contribution >= 0.6 is 0 Å². The second kappa shape index (κ2) is 4.01. The highest BCUT2D eigenvalue weighted by molar-refractivity contribution is 5.90. The van der Waals surface area contributed by atoms with Gasteiger partial charge in [0.05, 0.1) is 12.7 Å². The number of methoxy groups -OCH3 is 1. The number of esters is 1. The molecule has 0 saturated heterocycles. The number of benzene rings is 1. The third-order valence-corrected chi connectivity index (χ3v) is 1.97. The van der Waals surface area contributed by atoms with Gasteiger partial charge in [0.25, 0.3) is 0 Å². The van der Waals surface area contributed by atoms with Crippen LogP contribution in [0.3, 0.4) is 0 Å². The summed E-state index contributed by atoms with van der Waals surface area (Å²) in [5.41, 5.74) is 6.34. The van der Waals surface area contributed by atoms with E-state index in [-0.39, 0.29) is 11.9 Å². The summed E-state index contributed by atoms with van der Waals surface area (Å²) in [7, 11) is 1.32. The van der Waals surface area contributed by atoms with Gasteiger partial charge < -0.3 is 14.9 Å². The Morgan fingerprint density at radius 2 is 2.25 bits per heavy atom. The maximum Gasteiger partial charge on any atom is 0.337 e. The number of hydrogen-bond acceptors (Lipinski definition) is 6. The minimum Gasteiger partial charge on any atom is -0.465 e. The van der Waals surface area contributed by atoms with Gasteiger partial charge in [-0.05, 0) is 18.2 Å². The molecule has 1 aromatic heterocycles. The predicted molar refractivity (Wildman–Crippen MR) is 55.5 cm³/mol. The van der Waals surface area contributed by atoms with Crippen LogP contribution in [0.25, 0.3) is 11.5 Å². The Morgan fingerprint density at radius 3 is 2.88 bits per heavy atom. The lowest BCUT2D eigenvalue weighted by molar-refractivity contribution is 0.0601. The first-order chi connectivity index (χ1) is 7.70. The number of carbonyl (C=O) groups excluding carboxylic acids is 1. The lowest BCUT2D eigenvalue weighted by Crippen LogP contribution is -2.00. The molecular weight excluding hydrogens is 210 g/mol. The number of rotatable bonds is 2. The summed E-state index contributed by atoms with van der Waals surface area (Å²) in [6.07, 6.45) is 0. The Labute approximate surface area is 91.0 Å². The molecule has 1 heterocycles. The van der Waals surface area contributed by atoms with Gasteiger partial charge in [-0.25, -0.2) is 4.79 Å². The molecule has 2 N–H and O–H groups in total. The molecule has 2 aromatic rings. The van der Waals surface area contributed by atoms with E-state index >= 15 is 0 Å². The monoisotopic (exact) mass is 219 g/mol. The second-order valence-corrected chi connectivity index (χ2v) is 3.02. The molecule has 0 bridgehead atoms. The molecule has 0 aliphatic carbocycles.